The molecule has 1 aromatic rings. The number of amides is 1. The summed E-state index contributed by atoms with van der Waals surface area (Å²) in [5.74, 6) is 1.03. The molecule has 0 aliphatic carbocycles. The Morgan fingerprint density at radius 1 is 1.27 bits per heavy atom. The predicted octanol–water partition coefficient (Wildman–Crippen LogP) is 3.12. The van der Waals surface area contributed by atoms with E-state index < -0.39 is 5.41 Å². The Morgan fingerprint density at radius 2 is 1.91 bits per heavy atom. The fraction of sp³-hybridized carbons (Fsp3) is 0.632. The molecular weight excluding hydrogens is 272 g/mol. The topological polar surface area (TPSA) is 32.3 Å². The number of carbonyl (C=O) groups is 1. The lowest BCUT2D eigenvalue weighted by molar-refractivity contribution is -0.137. The van der Waals surface area contributed by atoms with Crippen molar-refractivity contribution in [3.63, 3.8) is 0 Å². The summed E-state index contributed by atoms with van der Waals surface area (Å²) in [5.41, 5.74) is 1.91. The number of aryl methyl sites for hydroxylation is 1. The lowest BCUT2D eigenvalue weighted by atomic mass is 9.80. The molecule has 0 unspecified atom stereocenters. The largest absolute Gasteiger partial charge is 0.342 e. The third-order valence-electron chi connectivity index (χ3n) is 5.06. The minimum atomic E-state index is -0.441. The Hall–Kier alpha value is -1.35. The van der Waals surface area contributed by atoms with Crippen LogP contribution in [0.5, 0.6) is 0 Å². The van der Waals surface area contributed by atoms with Crippen molar-refractivity contribution in [2.24, 2.45) is 5.92 Å². The number of hydrogen-bond donors (Lipinski definition) is 1. The molecule has 122 valence electrons. The first-order valence-corrected chi connectivity index (χ1v) is 8.47. The van der Waals surface area contributed by atoms with Crippen LogP contribution in [0.15, 0.2) is 24.3 Å². The summed E-state index contributed by atoms with van der Waals surface area (Å²) in [7, 11) is 2.00. The van der Waals surface area contributed by atoms with Gasteiger partial charge in [0.2, 0.25) is 5.91 Å². The van der Waals surface area contributed by atoms with Crippen molar-refractivity contribution in [2.45, 2.75) is 45.4 Å². The summed E-state index contributed by atoms with van der Waals surface area (Å²) < 4.78 is 0. The zero-order valence-electron chi connectivity index (χ0n) is 14.5. The van der Waals surface area contributed by atoms with Gasteiger partial charge in [0.15, 0.2) is 0 Å². The molecule has 0 spiro atoms. The number of rotatable bonds is 5. The van der Waals surface area contributed by atoms with Gasteiger partial charge in [-0.1, -0.05) is 24.3 Å². The number of likely N-dealkylation sites (tertiary alicyclic amines) is 1. The first-order valence-electron chi connectivity index (χ1n) is 8.47. The van der Waals surface area contributed by atoms with E-state index in [1.54, 1.807) is 0 Å². The quantitative estimate of drug-likeness (QED) is 0.906. The van der Waals surface area contributed by atoms with Crippen LogP contribution in [0.4, 0.5) is 0 Å². The molecular formula is C19H30N2O. The fourth-order valence-corrected chi connectivity index (χ4v) is 3.56. The summed E-state index contributed by atoms with van der Waals surface area (Å²) in [6.45, 7) is 9.10. The zero-order valence-corrected chi connectivity index (χ0v) is 14.5. The van der Waals surface area contributed by atoms with E-state index in [-0.39, 0.29) is 5.91 Å². The van der Waals surface area contributed by atoms with Crippen molar-refractivity contribution in [1.29, 1.82) is 0 Å². The Labute approximate surface area is 135 Å². The molecule has 1 N–H and O–H groups in total. The van der Waals surface area contributed by atoms with Gasteiger partial charge in [-0.2, -0.15) is 0 Å². The number of hydrogen-bond acceptors (Lipinski definition) is 2. The fourth-order valence-electron chi connectivity index (χ4n) is 3.56. The molecule has 0 radical (unpaired) electrons. The third-order valence-corrected chi connectivity index (χ3v) is 5.06. The molecule has 0 aromatic heterocycles. The van der Waals surface area contributed by atoms with Crippen LogP contribution in [0.2, 0.25) is 0 Å². The molecule has 1 heterocycles. The first-order chi connectivity index (χ1) is 10.5. The number of nitrogens with one attached hydrogen (secondary N) is 1. The van der Waals surface area contributed by atoms with Crippen LogP contribution in [0.3, 0.4) is 0 Å². The highest BCUT2D eigenvalue weighted by molar-refractivity contribution is 5.87. The van der Waals surface area contributed by atoms with E-state index in [0.717, 1.165) is 44.0 Å². The Kier molecular flexibility index (Phi) is 5.63. The second kappa shape index (κ2) is 7.28. The average molecular weight is 302 g/mol. The second-order valence-electron chi connectivity index (χ2n) is 7.07. The maximum atomic E-state index is 13.0. The third kappa shape index (κ3) is 3.70. The Morgan fingerprint density at radius 3 is 2.50 bits per heavy atom. The maximum absolute atomic E-state index is 13.0. The van der Waals surface area contributed by atoms with Gasteiger partial charge in [0, 0.05) is 13.1 Å². The van der Waals surface area contributed by atoms with E-state index >= 15 is 0 Å². The van der Waals surface area contributed by atoms with Crippen molar-refractivity contribution in [2.75, 3.05) is 26.7 Å². The van der Waals surface area contributed by atoms with E-state index in [9.17, 15) is 4.79 Å². The Bertz CT molecular complexity index is 502. The van der Waals surface area contributed by atoms with Crippen molar-refractivity contribution < 1.29 is 4.79 Å². The van der Waals surface area contributed by atoms with Crippen molar-refractivity contribution >= 4 is 5.91 Å². The van der Waals surface area contributed by atoms with Gasteiger partial charge in [-0.05, 0) is 70.7 Å². The molecule has 0 saturated carbocycles. The summed E-state index contributed by atoms with van der Waals surface area (Å²) >= 11 is 0. The van der Waals surface area contributed by atoms with Gasteiger partial charge >= 0.3 is 0 Å². The van der Waals surface area contributed by atoms with E-state index in [1.165, 1.54) is 12.0 Å². The van der Waals surface area contributed by atoms with E-state index in [2.05, 4.69) is 43.1 Å². The highest BCUT2D eigenvalue weighted by Gasteiger charge is 2.36. The minimum absolute atomic E-state index is 0.272. The normalized spacial score (nSPS) is 16.8. The monoisotopic (exact) mass is 302 g/mol. The number of nitrogens with zero attached hydrogens (tertiary/aromatic N) is 1. The minimum Gasteiger partial charge on any atom is -0.342 e. The molecule has 2 rings (SSSR count). The molecule has 1 aliphatic rings. The van der Waals surface area contributed by atoms with Crippen LogP contribution in [-0.4, -0.2) is 37.5 Å². The highest BCUT2D eigenvalue weighted by Crippen LogP contribution is 2.30. The van der Waals surface area contributed by atoms with Crippen LogP contribution in [0.1, 0.15) is 44.2 Å². The molecule has 1 fully saturated rings. The molecule has 1 saturated heterocycles. The van der Waals surface area contributed by atoms with Gasteiger partial charge in [-0.25, -0.2) is 0 Å². The lowest BCUT2D eigenvalue weighted by Gasteiger charge is -2.37. The van der Waals surface area contributed by atoms with E-state index in [0.29, 0.717) is 0 Å². The van der Waals surface area contributed by atoms with Crippen molar-refractivity contribution in [1.82, 2.24) is 10.2 Å². The van der Waals surface area contributed by atoms with Crippen molar-refractivity contribution in [3.05, 3.63) is 35.4 Å². The average Bonchev–Trinajstić information content (AvgIpc) is 2.53. The lowest BCUT2D eigenvalue weighted by Crippen LogP contribution is -2.47. The molecule has 0 bridgehead atoms. The van der Waals surface area contributed by atoms with E-state index in [4.69, 9.17) is 0 Å². The van der Waals surface area contributed by atoms with Crippen LogP contribution >= 0.6 is 0 Å². The molecule has 22 heavy (non-hydrogen) atoms. The summed E-state index contributed by atoms with van der Waals surface area (Å²) in [6.07, 6.45) is 3.49. The standard InChI is InChI=1S/C19H30N2O/c1-15-7-5-6-8-17(15)19(2,3)18(22)21-13-10-16(11-14-21)9-12-20-4/h5-8,16,20H,9-14H2,1-4H3. The van der Waals surface area contributed by atoms with Crippen LogP contribution < -0.4 is 5.32 Å². The zero-order chi connectivity index (χ0) is 16.2. The maximum Gasteiger partial charge on any atom is 0.232 e. The second-order valence-corrected chi connectivity index (χ2v) is 7.07. The molecule has 1 amide bonds. The smallest absolute Gasteiger partial charge is 0.232 e. The molecule has 1 aromatic carbocycles. The SMILES string of the molecule is CNCCC1CCN(C(=O)C(C)(C)c2ccccc2C)CC1. The molecule has 1 aliphatic heterocycles. The van der Waals surface area contributed by atoms with Crippen LogP contribution in [0, 0.1) is 12.8 Å². The molecule has 3 heteroatoms. The van der Waals surface area contributed by atoms with Gasteiger partial charge in [0.1, 0.15) is 0 Å². The summed E-state index contributed by atoms with van der Waals surface area (Å²) in [4.78, 5) is 15.1. The van der Waals surface area contributed by atoms with Gasteiger partial charge in [0.25, 0.3) is 0 Å². The van der Waals surface area contributed by atoms with Crippen LogP contribution in [-0.2, 0) is 10.2 Å². The van der Waals surface area contributed by atoms with Gasteiger partial charge in [-0.15, -0.1) is 0 Å². The number of piperidine rings is 1. The number of carbonyl (C=O) groups excluding carboxylic acids is 1. The van der Waals surface area contributed by atoms with Gasteiger partial charge in [0.05, 0.1) is 5.41 Å². The highest BCUT2D eigenvalue weighted by atomic mass is 16.2. The summed E-state index contributed by atoms with van der Waals surface area (Å²) in [5, 5.41) is 3.22. The van der Waals surface area contributed by atoms with E-state index in [1.807, 2.05) is 19.2 Å². The van der Waals surface area contributed by atoms with Gasteiger partial charge < -0.3 is 10.2 Å². The Balaban J connectivity index is 2.01. The van der Waals surface area contributed by atoms with Crippen molar-refractivity contribution in [3.8, 4) is 0 Å². The number of benzene rings is 1. The van der Waals surface area contributed by atoms with Gasteiger partial charge in [-0.3, -0.25) is 4.79 Å². The first kappa shape index (κ1) is 17.0. The summed E-state index contributed by atoms with van der Waals surface area (Å²) in [6, 6.07) is 8.25. The molecule has 0 atom stereocenters. The predicted molar refractivity (Wildman–Crippen MR) is 92.1 cm³/mol. The van der Waals surface area contributed by atoms with Crippen LogP contribution in [0.25, 0.3) is 0 Å². The molecule has 3 nitrogen and oxygen atoms in total.